The van der Waals surface area contributed by atoms with Crippen LogP contribution in [0.1, 0.15) is 5.56 Å². The van der Waals surface area contributed by atoms with Crippen molar-refractivity contribution in [2.45, 2.75) is 6.92 Å². The number of hydrogen-bond acceptors (Lipinski definition) is 4. The molecule has 0 saturated heterocycles. The molecule has 3 aromatic rings. The van der Waals surface area contributed by atoms with Crippen LogP contribution in [-0.4, -0.2) is 4.98 Å². The highest BCUT2D eigenvalue weighted by Crippen LogP contribution is 2.35. The van der Waals surface area contributed by atoms with E-state index in [0.717, 1.165) is 15.8 Å². The molecule has 2 N–H and O–H groups in total. The Morgan fingerprint density at radius 1 is 1.21 bits per heavy atom. The maximum absolute atomic E-state index is 13.0. The van der Waals surface area contributed by atoms with Gasteiger partial charge in [-0.1, -0.05) is 0 Å². The molecular weight excluding hydrogens is 263 g/mol. The van der Waals surface area contributed by atoms with Gasteiger partial charge in [-0.2, -0.15) is 0 Å². The van der Waals surface area contributed by atoms with Crippen molar-refractivity contribution in [2.24, 2.45) is 0 Å². The molecule has 19 heavy (non-hydrogen) atoms. The monoisotopic (exact) mass is 274 g/mol. The van der Waals surface area contributed by atoms with E-state index in [1.165, 1.54) is 23.5 Å². The summed E-state index contributed by atoms with van der Waals surface area (Å²) in [5, 5.41) is 0. The minimum Gasteiger partial charge on any atom is -0.455 e. The zero-order valence-electron chi connectivity index (χ0n) is 10.2. The fraction of sp³-hybridized carbons (Fsp3) is 0.0714. The summed E-state index contributed by atoms with van der Waals surface area (Å²) in [7, 11) is 0. The van der Waals surface area contributed by atoms with Crippen LogP contribution in [0.25, 0.3) is 10.2 Å². The van der Waals surface area contributed by atoms with Crippen LogP contribution in [0, 0.1) is 12.7 Å². The third kappa shape index (κ3) is 2.13. The van der Waals surface area contributed by atoms with Crippen LogP contribution in [0.2, 0.25) is 0 Å². The number of nitrogens with two attached hydrogens (primary N) is 1. The Balaban J connectivity index is 2.03. The molecule has 0 unspecified atom stereocenters. The first kappa shape index (κ1) is 11.9. The van der Waals surface area contributed by atoms with Gasteiger partial charge in [-0.05, 0) is 42.8 Å². The van der Waals surface area contributed by atoms with Crippen molar-refractivity contribution >= 4 is 27.2 Å². The Kier molecular flexibility index (Phi) is 2.83. The Morgan fingerprint density at radius 2 is 2.00 bits per heavy atom. The summed E-state index contributed by atoms with van der Waals surface area (Å²) in [4.78, 5) is 4.21. The van der Waals surface area contributed by atoms with Crippen molar-refractivity contribution in [1.29, 1.82) is 0 Å². The second kappa shape index (κ2) is 4.51. The maximum Gasteiger partial charge on any atom is 0.152 e. The van der Waals surface area contributed by atoms with Crippen LogP contribution < -0.4 is 10.5 Å². The topological polar surface area (TPSA) is 48.1 Å². The third-order valence-electron chi connectivity index (χ3n) is 2.86. The Labute approximate surface area is 113 Å². The van der Waals surface area contributed by atoms with Crippen molar-refractivity contribution in [2.75, 3.05) is 5.73 Å². The number of benzene rings is 2. The summed E-state index contributed by atoms with van der Waals surface area (Å²) >= 11 is 1.53. The molecule has 1 heterocycles. The molecule has 0 amide bonds. The van der Waals surface area contributed by atoms with Gasteiger partial charge in [0.25, 0.3) is 0 Å². The molecule has 1 aromatic heterocycles. The van der Waals surface area contributed by atoms with E-state index in [-0.39, 0.29) is 5.82 Å². The molecule has 3 rings (SSSR count). The first-order valence-electron chi connectivity index (χ1n) is 5.71. The molecule has 0 spiro atoms. The zero-order valence-corrected chi connectivity index (χ0v) is 11.0. The second-order valence-corrected chi connectivity index (χ2v) is 5.07. The molecular formula is C14H11FN2OS. The Hall–Kier alpha value is -2.14. The van der Waals surface area contributed by atoms with E-state index < -0.39 is 0 Å². The number of hydrogen-bond donors (Lipinski definition) is 1. The molecule has 0 aliphatic rings. The number of nitrogen functional groups attached to an aromatic ring is 1. The molecule has 0 radical (unpaired) electrons. The lowest BCUT2D eigenvalue weighted by molar-refractivity contribution is 0.479. The van der Waals surface area contributed by atoms with Crippen LogP contribution in [0.5, 0.6) is 11.5 Å². The summed E-state index contributed by atoms with van der Waals surface area (Å²) < 4.78 is 19.8. The minimum absolute atomic E-state index is 0.284. The first-order valence-corrected chi connectivity index (χ1v) is 6.59. The smallest absolute Gasteiger partial charge is 0.152 e. The molecule has 3 nitrogen and oxygen atoms in total. The SMILES string of the molecule is Cc1cc(F)ccc1Oc1ccc2scnc2c1N. The first-order chi connectivity index (χ1) is 9.15. The molecule has 0 aliphatic carbocycles. The summed E-state index contributed by atoms with van der Waals surface area (Å²) in [6.45, 7) is 1.79. The molecule has 2 aromatic carbocycles. The van der Waals surface area contributed by atoms with Crippen LogP contribution in [0.3, 0.4) is 0 Å². The Morgan fingerprint density at radius 3 is 2.79 bits per heavy atom. The van der Waals surface area contributed by atoms with Crippen molar-refractivity contribution in [1.82, 2.24) is 4.98 Å². The van der Waals surface area contributed by atoms with Gasteiger partial charge in [0.05, 0.1) is 10.2 Å². The van der Waals surface area contributed by atoms with Gasteiger partial charge < -0.3 is 10.5 Å². The quantitative estimate of drug-likeness (QED) is 0.715. The number of ether oxygens (including phenoxy) is 1. The summed E-state index contributed by atoms with van der Waals surface area (Å²) in [5.41, 5.74) is 9.74. The number of aromatic nitrogens is 1. The summed E-state index contributed by atoms with van der Waals surface area (Å²) in [6, 6.07) is 8.10. The average Bonchev–Trinajstić information content (AvgIpc) is 2.85. The zero-order chi connectivity index (χ0) is 13.4. The molecule has 0 saturated carbocycles. The van der Waals surface area contributed by atoms with Gasteiger partial charge in [-0.25, -0.2) is 9.37 Å². The number of thiazole rings is 1. The van der Waals surface area contributed by atoms with Gasteiger partial charge in [0.1, 0.15) is 22.8 Å². The van der Waals surface area contributed by atoms with Crippen molar-refractivity contribution in [3.05, 3.63) is 47.2 Å². The lowest BCUT2D eigenvalue weighted by Crippen LogP contribution is -1.94. The van der Waals surface area contributed by atoms with Gasteiger partial charge in [0, 0.05) is 0 Å². The van der Waals surface area contributed by atoms with Crippen LogP contribution in [0.15, 0.2) is 35.8 Å². The van der Waals surface area contributed by atoms with Crippen molar-refractivity contribution in [3.8, 4) is 11.5 Å². The van der Waals surface area contributed by atoms with E-state index in [2.05, 4.69) is 4.98 Å². The molecule has 96 valence electrons. The largest absolute Gasteiger partial charge is 0.455 e. The Bertz CT molecular complexity index is 754. The summed E-state index contributed by atoms with van der Waals surface area (Å²) in [6.07, 6.45) is 0. The molecule has 0 bridgehead atoms. The fourth-order valence-electron chi connectivity index (χ4n) is 1.87. The van der Waals surface area contributed by atoms with E-state index in [4.69, 9.17) is 10.5 Å². The number of halogens is 1. The van der Waals surface area contributed by atoms with Gasteiger partial charge in [-0.15, -0.1) is 11.3 Å². The normalized spacial score (nSPS) is 10.8. The van der Waals surface area contributed by atoms with Gasteiger partial charge >= 0.3 is 0 Å². The van der Waals surface area contributed by atoms with E-state index in [9.17, 15) is 4.39 Å². The van der Waals surface area contributed by atoms with Crippen LogP contribution in [0.4, 0.5) is 10.1 Å². The molecule has 0 aliphatic heterocycles. The second-order valence-electron chi connectivity index (χ2n) is 4.19. The highest BCUT2D eigenvalue weighted by atomic mass is 32.1. The standard InChI is InChI=1S/C14H11FN2OS/c1-8-6-9(15)2-3-10(8)18-11-4-5-12-14(13(11)16)17-7-19-12/h2-7H,16H2,1H3. The maximum atomic E-state index is 13.0. The van der Waals surface area contributed by atoms with E-state index in [1.54, 1.807) is 24.6 Å². The number of fused-ring (bicyclic) bond motifs is 1. The van der Waals surface area contributed by atoms with E-state index in [0.29, 0.717) is 17.2 Å². The van der Waals surface area contributed by atoms with E-state index in [1.807, 2.05) is 6.07 Å². The lowest BCUT2D eigenvalue weighted by atomic mass is 10.2. The fourth-order valence-corrected chi connectivity index (χ4v) is 2.56. The predicted molar refractivity (Wildman–Crippen MR) is 75.2 cm³/mol. The van der Waals surface area contributed by atoms with Crippen LogP contribution in [-0.2, 0) is 0 Å². The number of anilines is 1. The minimum atomic E-state index is -0.284. The molecule has 0 fully saturated rings. The van der Waals surface area contributed by atoms with Gasteiger partial charge in [-0.3, -0.25) is 0 Å². The predicted octanol–water partition coefficient (Wildman–Crippen LogP) is 4.12. The number of aryl methyl sites for hydroxylation is 1. The molecule has 5 heteroatoms. The average molecular weight is 274 g/mol. The highest BCUT2D eigenvalue weighted by Gasteiger charge is 2.10. The van der Waals surface area contributed by atoms with Crippen molar-refractivity contribution in [3.63, 3.8) is 0 Å². The summed E-state index contributed by atoms with van der Waals surface area (Å²) in [5.74, 6) is 0.837. The third-order valence-corrected chi connectivity index (χ3v) is 3.65. The molecule has 0 atom stereocenters. The number of nitrogens with zero attached hydrogens (tertiary/aromatic N) is 1. The van der Waals surface area contributed by atoms with Gasteiger partial charge in [0.2, 0.25) is 0 Å². The van der Waals surface area contributed by atoms with Crippen molar-refractivity contribution < 1.29 is 9.13 Å². The van der Waals surface area contributed by atoms with Gasteiger partial charge in [0.15, 0.2) is 5.75 Å². The lowest BCUT2D eigenvalue weighted by Gasteiger charge is -2.11. The number of rotatable bonds is 2. The highest BCUT2D eigenvalue weighted by molar-refractivity contribution is 7.16. The van der Waals surface area contributed by atoms with E-state index >= 15 is 0 Å². The van der Waals surface area contributed by atoms with Crippen LogP contribution >= 0.6 is 11.3 Å².